The van der Waals surface area contributed by atoms with Crippen molar-refractivity contribution in [1.29, 1.82) is 0 Å². The zero-order valence-electron chi connectivity index (χ0n) is 11.0. The maximum atomic E-state index is 6.19. The predicted molar refractivity (Wildman–Crippen MR) is 85.3 cm³/mol. The van der Waals surface area contributed by atoms with Gasteiger partial charge in [0.15, 0.2) is 0 Å². The lowest BCUT2D eigenvalue weighted by molar-refractivity contribution is 0.809. The first-order valence-corrected chi connectivity index (χ1v) is 7.98. The van der Waals surface area contributed by atoms with Gasteiger partial charge in [0.05, 0.1) is 3.79 Å². The standard InChI is InChI=1S/C13H15BrClN3S/c1-8(2)11-12(15)16-7-17-13(11)18(3)5-9-4-10(14)19-6-9/h4,6-8H,5H2,1-3H3. The van der Waals surface area contributed by atoms with E-state index in [1.807, 2.05) is 7.05 Å². The average molecular weight is 361 g/mol. The van der Waals surface area contributed by atoms with Gasteiger partial charge in [-0.1, -0.05) is 25.4 Å². The molecule has 3 nitrogen and oxygen atoms in total. The summed E-state index contributed by atoms with van der Waals surface area (Å²) < 4.78 is 1.14. The summed E-state index contributed by atoms with van der Waals surface area (Å²) in [4.78, 5) is 10.6. The minimum atomic E-state index is 0.292. The molecule has 6 heteroatoms. The van der Waals surface area contributed by atoms with Crippen LogP contribution in [0.5, 0.6) is 0 Å². The summed E-state index contributed by atoms with van der Waals surface area (Å²) in [5.41, 5.74) is 2.25. The molecule has 0 saturated carbocycles. The highest BCUT2D eigenvalue weighted by molar-refractivity contribution is 9.11. The lowest BCUT2D eigenvalue weighted by atomic mass is 10.1. The molecule has 19 heavy (non-hydrogen) atoms. The van der Waals surface area contributed by atoms with Crippen molar-refractivity contribution in [2.75, 3.05) is 11.9 Å². The molecule has 2 aromatic rings. The van der Waals surface area contributed by atoms with E-state index in [2.05, 4.69) is 56.1 Å². The van der Waals surface area contributed by atoms with Gasteiger partial charge in [0.2, 0.25) is 0 Å². The fourth-order valence-corrected chi connectivity index (χ4v) is 3.49. The first kappa shape index (κ1) is 14.8. The van der Waals surface area contributed by atoms with E-state index >= 15 is 0 Å². The minimum Gasteiger partial charge on any atom is -0.355 e. The quantitative estimate of drug-likeness (QED) is 0.739. The molecule has 0 fully saturated rings. The molecule has 0 saturated heterocycles. The molecule has 0 radical (unpaired) electrons. The van der Waals surface area contributed by atoms with Gasteiger partial charge in [0, 0.05) is 19.2 Å². The van der Waals surface area contributed by atoms with Crippen molar-refractivity contribution in [3.63, 3.8) is 0 Å². The van der Waals surface area contributed by atoms with Gasteiger partial charge in [0.25, 0.3) is 0 Å². The Morgan fingerprint density at radius 2 is 2.16 bits per heavy atom. The predicted octanol–water partition coefficient (Wildman–Crippen LogP) is 4.71. The van der Waals surface area contributed by atoms with E-state index in [1.165, 1.54) is 11.9 Å². The maximum Gasteiger partial charge on any atom is 0.138 e. The normalized spacial score (nSPS) is 11.1. The van der Waals surface area contributed by atoms with Crippen LogP contribution in [0.4, 0.5) is 5.82 Å². The molecule has 102 valence electrons. The summed E-state index contributed by atoms with van der Waals surface area (Å²) in [5, 5.41) is 2.68. The third-order valence-corrected chi connectivity index (χ3v) is 4.65. The van der Waals surface area contributed by atoms with Crippen LogP contribution >= 0.6 is 38.9 Å². The van der Waals surface area contributed by atoms with Crippen LogP contribution in [0, 0.1) is 0 Å². The molecule has 0 amide bonds. The van der Waals surface area contributed by atoms with E-state index in [0.717, 1.165) is 21.7 Å². The smallest absolute Gasteiger partial charge is 0.138 e. The third-order valence-electron chi connectivity index (χ3n) is 2.79. The van der Waals surface area contributed by atoms with Crippen LogP contribution in [0.2, 0.25) is 5.15 Å². The first-order chi connectivity index (χ1) is 8.99. The van der Waals surface area contributed by atoms with Gasteiger partial charge in [-0.15, -0.1) is 11.3 Å². The molecule has 0 aliphatic carbocycles. The van der Waals surface area contributed by atoms with Gasteiger partial charge in [-0.2, -0.15) is 0 Å². The monoisotopic (exact) mass is 359 g/mol. The van der Waals surface area contributed by atoms with Gasteiger partial charge in [-0.3, -0.25) is 0 Å². The Morgan fingerprint density at radius 3 is 2.74 bits per heavy atom. The summed E-state index contributed by atoms with van der Waals surface area (Å²) in [7, 11) is 2.02. The highest BCUT2D eigenvalue weighted by Crippen LogP contribution is 2.31. The van der Waals surface area contributed by atoms with Crippen molar-refractivity contribution in [2.24, 2.45) is 0 Å². The molecule has 0 aromatic carbocycles. The van der Waals surface area contributed by atoms with Crippen LogP contribution in [0.1, 0.15) is 30.9 Å². The highest BCUT2D eigenvalue weighted by atomic mass is 79.9. The Labute approximate surface area is 130 Å². The Hall–Kier alpha value is -0.650. The summed E-state index contributed by atoms with van der Waals surface area (Å²) in [6.07, 6.45) is 1.52. The topological polar surface area (TPSA) is 29.0 Å². The largest absolute Gasteiger partial charge is 0.355 e. The number of thiophene rings is 1. The van der Waals surface area contributed by atoms with E-state index in [-0.39, 0.29) is 0 Å². The number of aromatic nitrogens is 2. The van der Waals surface area contributed by atoms with Gasteiger partial charge >= 0.3 is 0 Å². The molecular formula is C13H15BrClN3S. The zero-order chi connectivity index (χ0) is 14.0. The molecule has 0 unspecified atom stereocenters. The molecule has 0 spiro atoms. The van der Waals surface area contributed by atoms with Crippen LogP contribution in [0.3, 0.4) is 0 Å². The lowest BCUT2D eigenvalue weighted by Gasteiger charge is -2.22. The molecule has 2 heterocycles. The van der Waals surface area contributed by atoms with E-state index in [1.54, 1.807) is 11.3 Å². The van der Waals surface area contributed by atoms with Gasteiger partial charge in [-0.05, 0) is 38.9 Å². The van der Waals surface area contributed by atoms with E-state index < -0.39 is 0 Å². The van der Waals surface area contributed by atoms with Crippen LogP contribution in [0.15, 0.2) is 21.6 Å². The van der Waals surface area contributed by atoms with Crippen LogP contribution in [-0.2, 0) is 6.54 Å². The Morgan fingerprint density at radius 1 is 1.42 bits per heavy atom. The van der Waals surface area contributed by atoms with Crippen molar-refractivity contribution < 1.29 is 0 Å². The van der Waals surface area contributed by atoms with Crippen molar-refractivity contribution in [3.8, 4) is 0 Å². The van der Waals surface area contributed by atoms with Gasteiger partial charge in [0.1, 0.15) is 17.3 Å². The Kier molecular flexibility index (Phi) is 4.81. The van der Waals surface area contributed by atoms with Crippen molar-refractivity contribution >= 4 is 44.7 Å². The molecule has 0 aliphatic rings. The van der Waals surface area contributed by atoms with Crippen LogP contribution in [-0.4, -0.2) is 17.0 Å². The highest BCUT2D eigenvalue weighted by Gasteiger charge is 2.17. The number of rotatable bonds is 4. The molecule has 2 aromatic heterocycles. The fourth-order valence-electron chi connectivity index (χ4n) is 1.94. The van der Waals surface area contributed by atoms with Crippen LogP contribution < -0.4 is 4.90 Å². The number of anilines is 1. The van der Waals surface area contributed by atoms with Crippen LogP contribution in [0.25, 0.3) is 0 Å². The molecule has 2 rings (SSSR count). The van der Waals surface area contributed by atoms with Gasteiger partial charge in [-0.25, -0.2) is 9.97 Å². The maximum absolute atomic E-state index is 6.19. The summed E-state index contributed by atoms with van der Waals surface area (Å²) in [6, 6.07) is 2.12. The summed E-state index contributed by atoms with van der Waals surface area (Å²) in [6.45, 7) is 5.00. The van der Waals surface area contributed by atoms with E-state index in [4.69, 9.17) is 11.6 Å². The fraction of sp³-hybridized carbons (Fsp3) is 0.385. The number of hydrogen-bond donors (Lipinski definition) is 0. The van der Waals surface area contributed by atoms with E-state index in [0.29, 0.717) is 11.1 Å². The second-order valence-corrected chi connectivity index (χ2v) is 7.32. The zero-order valence-corrected chi connectivity index (χ0v) is 14.2. The molecule has 0 atom stereocenters. The molecular weight excluding hydrogens is 346 g/mol. The first-order valence-electron chi connectivity index (χ1n) is 5.93. The Balaban J connectivity index is 2.28. The molecule has 0 aliphatic heterocycles. The lowest BCUT2D eigenvalue weighted by Crippen LogP contribution is -2.20. The van der Waals surface area contributed by atoms with Gasteiger partial charge < -0.3 is 4.90 Å². The summed E-state index contributed by atoms with van der Waals surface area (Å²) >= 11 is 11.4. The Bertz CT molecular complexity index is 571. The summed E-state index contributed by atoms with van der Waals surface area (Å²) in [5.74, 6) is 1.19. The molecule has 0 N–H and O–H groups in total. The van der Waals surface area contributed by atoms with Crippen molar-refractivity contribution in [1.82, 2.24) is 9.97 Å². The van der Waals surface area contributed by atoms with E-state index in [9.17, 15) is 0 Å². The third kappa shape index (κ3) is 3.46. The molecule has 0 bridgehead atoms. The SMILES string of the molecule is CC(C)c1c(Cl)ncnc1N(C)Cc1csc(Br)c1. The van der Waals surface area contributed by atoms with Crippen molar-refractivity contribution in [3.05, 3.63) is 37.8 Å². The number of halogens is 2. The number of nitrogens with zero attached hydrogens (tertiary/aromatic N) is 3. The number of hydrogen-bond acceptors (Lipinski definition) is 4. The minimum absolute atomic E-state index is 0.292. The second-order valence-electron chi connectivity index (χ2n) is 4.67. The van der Waals surface area contributed by atoms with Crippen molar-refractivity contribution in [2.45, 2.75) is 26.3 Å². The average Bonchev–Trinajstić information content (AvgIpc) is 2.73. The second kappa shape index (κ2) is 6.20.